The Balaban J connectivity index is 1.36. The minimum Gasteiger partial charge on any atom is -0.321 e. The predicted molar refractivity (Wildman–Crippen MR) is 119 cm³/mol. The largest absolute Gasteiger partial charge is 0.321 e. The molecule has 3 aromatic carbocycles. The van der Waals surface area contributed by atoms with Crippen molar-refractivity contribution in [2.24, 2.45) is 0 Å². The fraction of sp³-hybridized carbons (Fsp3) is 0.0833. The first-order chi connectivity index (χ1) is 15.1. The molecule has 31 heavy (non-hydrogen) atoms. The average Bonchev–Trinajstić information content (AvgIpc) is 3.24. The Morgan fingerprint density at radius 2 is 1.61 bits per heavy atom. The van der Waals surface area contributed by atoms with Crippen LogP contribution in [0.25, 0.3) is 10.8 Å². The summed E-state index contributed by atoms with van der Waals surface area (Å²) in [5.74, 6) is -0.517. The van der Waals surface area contributed by atoms with Gasteiger partial charge in [-0.25, -0.2) is 5.10 Å². The summed E-state index contributed by atoms with van der Waals surface area (Å²) in [6.45, 7) is 0.654. The molecule has 1 aliphatic heterocycles. The van der Waals surface area contributed by atoms with E-state index in [9.17, 15) is 14.4 Å². The van der Waals surface area contributed by atoms with E-state index >= 15 is 0 Å². The van der Waals surface area contributed by atoms with Crippen molar-refractivity contribution in [1.82, 2.24) is 10.2 Å². The zero-order valence-corrected chi connectivity index (χ0v) is 16.5. The first-order valence-electron chi connectivity index (χ1n) is 9.90. The Bertz CT molecular complexity index is 1380. The van der Waals surface area contributed by atoms with Crippen LogP contribution in [-0.2, 0) is 6.42 Å². The Kier molecular flexibility index (Phi) is 4.55. The van der Waals surface area contributed by atoms with Gasteiger partial charge in [-0.05, 0) is 48.4 Å². The molecule has 1 aromatic heterocycles. The summed E-state index contributed by atoms with van der Waals surface area (Å²) in [6, 6.07) is 21.4. The maximum atomic E-state index is 12.9. The lowest BCUT2D eigenvalue weighted by atomic mass is 10.1. The number of carbonyl (C=O) groups excluding carboxylic acids is 2. The fourth-order valence-electron chi connectivity index (χ4n) is 3.88. The first-order valence-corrected chi connectivity index (χ1v) is 9.90. The summed E-state index contributed by atoms with van der Waals surface area (Å²) in [5.41, 5.74) is 2.96. The van der Waals surface area contributed by atoms with Gasteiger partial charge in [0.2, 0.25) is 0 Å². The standard InChI is InChI=1S/C24H18N4O3/c29-22-19-7-3-2-6-18(19)21(26-27-22)23(30)25-17-11-9-16(10-12-17)24(31)28-14-13-15-5-1-4-8-20(15)28/h1-12H,13-14H2,(H,25,30)(H,27,29). The number of H-pyrrole nitrogens is 1. The molecule has 0 atom stereocenters. The van der Waals surface area contributed by atoms with E-state index in [2.05, 4.69) is 15.5 Å². The van der Waals surface area contributed by atoms with Gasteiger partial charge in [0.1, 0.15) is 0 Å². The highest BCUT2D eigenvalue weighted by atomic mass is 16.2. The molecule has 5 rings (SSSR count). The lowest BCUT2D eigenvalue weighted by molar-refractivity contribution is 0.0988. The quantitative estimate of drug-likeness (QED) is 0.541. The molecule has 0 saturated carbocycles. The Labute approximate surface area is 177 Å². The second-order valence-electron chi connectivity index (χ2n) is 7.31. The van der Waals surface area contributed by atoms with Crippen LogP contribution in [0.3, 0.4) is 0 Å². The molecule has 0 bridgehead atoms. The molecular weight excluding hydrogens is 392 g/mol. The van der Waals surface area contributed by atoms with Gasteiger partial charge >= 0.3 is 0 Å². The number of carbonyl (C=O) groups is 2. The number of hydrogen-bond donors (Lipinski definition) is 2. The van der Waals surface area contributed by atoms with E-state index in [1.54, 1.807) is 53.4 Å². The summed E-state index contributed by atoms with van der Waals surface area (Å²) in [7, 11) is 0. The third kappa shape index (κ3) is 3.36. The normalized spacial score (nSPS) is 12.6. The topological polar surface area (TPSA) is 95.2 Å². The number of hydrogen-bond acceptors (Lipinski definition) is 4. The number of aromatic amines is 1. The Morgan fingerprint density at radius 1 is 0.903 bits per heavy atom. The van der Waals surface area contributed by atoms with Gasteiger partial charge in [-0.3, -0.25) is 14.4 Å². The molecule has 2 amide bonds. The molecule has 4 aromatic rings. The Hall–Kier alpha value is -4.26. The minimum absolute atomic E-state index is 0.0730. The van der Waals surface area contributed by atoms with Crippen LogP contribution in [0.1, 0.15) is 26.4 Å². The molecule has 0 radical (unpaired) electrons. The summed E-state index contributed by atoms with van der Waals surface area (Å²) in [4.78, 5) is 39.4. The van der Waals surface area contributed by atoms with E-state index in [0.29, 0.717) is 28.6 Å². The highest BCUT2D eigenvalue weighted by Gasteiger charge is 2.25. The van der Waals surface area contributed by atoms with Crippen LogP contribution in [0.15, 0.2) is 77.6 Å². The zero-order chi connectivity index (χ0) is 21.4. The van der Waals surface area contributed by atoms with Gasteiger partial charge in [0, 0.05) is 28.9 Å². The second kappa shape index (κ2) is 7.53. The van der Waals surface area contributed by atoms with Crippen molar-refractivity contribution in [3.8, 4) is 0 Å². The third-order valence-electron chi connectivity index (χ3n) is 5.43. The predicted octanol–water partition coefficient (Wildman–Crippen LogP) is 3.38. The third-order valence-corrected chi connectivity index (χ3v) is 5.43. The number of benzene rings is 3. The van der Waals surface area contributed by atoms with Crippen molar-refractivity contribution in [1.29, 1.82) is 0 Å². The van der Waals surface area contributed by atoms with E-state index < -0.39 is 5.91 Å². The SMILES string of the molecule is O=C(Nc1ccc(C(=O)N2CCc3ccccc32)cc1)c1n[nH]c(=O)c2ccccc12. The average molecular weight is 410 g/mol. The molecule has 0 aliphatic carbocycles. The molecule has 0 fully saturated rings. The van der Waals surface area contributed by atoms with E-state index in [4.69, 9.17) is 0 Å². The van der Waals surface area contributed by atoms with E-state index in [1.165, 1.54) is 5.56 Å². The van der Waals surface area contributed by atoms with Crippen LogP contribution in [-0.4, -0.2) is 28.6 Å². The van der Waals surface area contributed by atoms with Crippen molar-refractivity contribution < 1.29 is 9.59 Å². The Morgan fingerprint density at radius 3 is 2.42 bits per heavy atom. The number of para-hydroxylation sites is 1. The maximum Gasteiger partial charge on any atom is 0.276 e. The molecule has 0 spiro atoms. The van der Waals surface area contributed by atoms with Crippen molar-refractivity contribution >= 4 is 34.0 Å². The van der Waals surface area contributed by atoms with Gasteiger partial charge in [-0.15, -0.1) is 0 Å². The summed E-state index contributed by atoms with van der Waals surface area (Å²) < 4.78 is 0. The van der Waals surface area contributed by atoms with Crippen LogP contribution < -0.4 is 15.8 Å². The van der Waals surface area contributed by atoms with Crippen molar-refractivity contribution in [2.75, 3.05) is 16.8 Å². The minimum atomic E-state index is -0.444. The number of nitrogens with one attached hydrogen (secondary N) is 2. The van der Waals surface area contributed by atoms with Crippen molar-refractivity contribution in [3.05, 3.63) is 100.0 Å². The number of rotatable bonds is 3. The summed E-state index contributed by atoms with van der Waals surface area (Å²) >= 11 is 0. The number of nitrogens with zero attached hydrogens (tertiary/aromatic N) is 2. The monoisotopic (exact) mass is 410 g/mol. The molecule has 2 heterocycles. The molecule has 2 N–H and O–H groups in total. The van der Waals surface area contributed by atoms with Gasteiger partial charge in [0.25, 0.3) is 17.4 Å². The molecule has 7 nitrogen and oxygen atoms in total. The molecule has 152 valence electrons. The number of amides is 2. The smallest absolute Gasteiger partial charge is 0.276 e. The molecule has 0 saturated heterocycles. The van der Waals surface area contributed by atoms with Gasteiger partial charge < -0.3 is 10.2 Å². The molecule has 1 aliphatic rings. The molecule has 7 heteroatoms. The zero-order valence-electron chi connectivity index (χ0n) is 16.5. The first kappa shape index (κ1) is 18.7. The lowest BCUT2D eigenvalue weighted by Gasteiger charge is -2.17. The van der Waals surface area contributed by atoms with E-state index in [-0.39, 0.29) is 17.2 Å². The fourth-order valence-corrected chi connectivity index (χ4v) is 3.88. The molecule has 0 unspecified atom stereocenters. The van der Waals surface area contributed by atoms with Crippen LogP contribution >= 0.6 is 0 Å². The van der Waals surface area contributed by atoms with Crippen LogP contribution in [0.5, 0.6) is 0 Å². The summed E-state index contributed by atoms with van der Waals surface area (Å²) in [5, 5.41) is 9.91. The number of fused-ring (bicyclic) bond motifs is 2. The highest BCUT2D eigenvalue weighted by Crippen LogP contribution is 2.29. The van der Waals surface area contributed by atoms with Crippen LogP contribution in [0, 0.1) is 0 Å². The van der Waals surface area contributed by atoms with Crippen molar-refractivity contribution in [2.45, 2.75) is 6.42 Å². The lowest BCUT2D eigenvalue weighted by Crippen LogP contribution is -2.28. The van der Waals surface area contributed by atoms with Gasteiger partial charge in [-0.1, -0.05) is 36.4 Å². The van der Waals surface area contributed by atoms with Crippen LogP contribution in [0.4, 0.5) is 11.4 Å². The van der Waals surface area contributed by atoms with E-state index in [0.717, 1.165) is 12.1 Å². The number of anilines is 2. The van der Waals surface area contributed by atoms with Gasteiger partial charge in [0.05, 0.1) is 5.39 Å². The van der Waals surface area contributed by atoms with Crippen molar-refractivity contribution in [3.63, 3.8) is 0 Å². The molecular formula is C24H18N4O3. The van der Waals surface area contributed by atoms with Crippen LogP contribution in [0.2, 0.25) is 0 Å². The maximum absolute atomic E-state index is 12.9. The highest BCUT2D eigenvalue weighted by molar-refractivity contribution is 6.11. The van der Waals surface area contributed by atoms with Gasteiger partial charge in [0.15, 0.2) is 5.69 Å². The second-order valence-corrected chi connectivity index (χ2v) is 7.31. The summed E-state index contributed by atoms with van der Waals surface area (Å²) in [6.07, 6.45) is 0.843. The number of aromatic nitrogens is 2. The van der Waals surface area contributed by atoms with E-state index in [1.807, 2.05) is 24.3 Å². The van der Waals surface area contributed by atoms with Gasteiger partial charge in [-0.2, -0.15) is 5.10 Å².